The third-order valence-electron chi connectivity index (χ3n) is 7.23. The number of ether oxygens (including phenoxy) is 2. The highest BCUT2D eigenvalue weighted by molar-refractivity contribution is 7.91. The second-order valence-electron chi connectivity index (χ2n) is 10.9. The van der Waals surface area contributed by atoms with Gasteiger partial charge in [0.1, 0.15) is 43.1 Å². The number of halogens is 4. The number of nitrogens with zero attached hydrogens (tertiary/aromatic N) is 4. The van der Waals surface area contributed by atoms with Crippen LogP contribution >= 0.6 is 11.3 Å². The molecule has 0 aliphatic heterocycles. The molecule has 2 atom stereocenters. The lowest BCUT2D eigenvalue weighted by Crippen LogP contribution is -2.42. The van der Waals surface area contributed by atoms with Crippen molar-refractivity contribution >= 4 is 37.5 Å². The number of alkyl halides is 4. The Bertz CT molecular complexity index is 2000. The van der Waals surface area contributed by atoms with E-state index >= 15 is 0 Å². The number of carboxylic acids is 1. The largest absolute Gasteiger partial charge is 0.491 e. The molecule has 2 heterocycles. The monoisotopic (exact) mass is 722 g/mol. The van der Waals surface area contributed by atoms with Crippen LogP contribution in [0.4, 0.5) is 17.6 Å². The summed E-state index contributed by atoms with van der Waals surface area (Å²) in [6.07, 6.45) is -2.81. The van der Waals surface area contributed by atoms with Crippen molar-refractivity contribution in [3.8, 4) is 11.5 Å². The molecule has 4 N–H and O–H groups in total. The SMILES string of the molecule is NS(=O)(=O)c1nc2ccc(OCc3cn([C@@H](CN[C@@H](Cc4cccc(C(F)(F)F)c4)C(=O)O)Cc4ccc(OCCF)cc4)nn3)cc2s1. The minimum Gasteiger partial charge on any atom is -0.491 e. The maximum Gasteiger partial charge on any atom is 0.416 e. The van der Waals surface area contributed by atoms with Crippen LogP contribution in [-0.2, 0) is 40.4 Å². The molecule has 0 bridgehead atoms. The summed E-state index contributed by atoms with van der Waals surface area (Å²) in [4.78, 5) is 16.2. The van der Waals surface area contributed by atoms with Crippen LogP contribution in [0.3, 0.4) is 0 Å². The Hall–Kier alpha value is -4.65. The molecule has 0 aliphatic carbocycles. The van der Waals surface area contributed by atoms with Crippen molar-refractivity contribution in [2.24, 2.45) is 5.14 Å². The van der Waals surface area contributed by atoms with E-state index < -0.39 is 46.5 Å². The lowest BCUT2D eigenvalue weighted by molar-refractivity contribution is -0.139. The Morgan fingerprint density at radius 3 is 2.47 bits per heavy atom. The molecule has 0 amide bonds. The van der Waals surface area contributed by atoms with Gasteiger partial charge < -0.3 is 19.9 Å². The molecule has 18 heteroatoms. The van der Waals surface area contributed by atoms with Crippen molar-refractivity contribution in [1.29, 1.82) is 0 Å². The maximum absolute atomic E-state index is 13.2. The van der Waals surface area contributed by atoms with Crippen LogP contribution in [0.5, 0.6) is 11.5 Å². The molecule has 260 valence electrons. The Kier molecular flexibility index (Phi) is 11.1. The lowest BCUT2D eigenvalue weighted by Gasteiger charge is -2.22. The number of fused-ring (bicyclic) bond motifs is 1. The topological polar surface area (TPSA) is 172 Å². The van der Waals surface area contributed by atoms with Crippen molar-refractivity contribution < 1.29 is 45.4 Å². The minimum absolute atomic E-state index is 0.0135. The highest BCUT2D eigenvalue weighted by Crippen LogP contribution is 2.30. The summed E-state index contributed by atoms with van der Waals surface area (Å²) < 4.78 is 88.6. The van der Waals surface area contributed by atoms with Gasteiger partial charge in [-0.25, -0.2) is 27.6 Å². The number of nitrogens with one attached hydrogen (secondary N) is 1. The summed E-state index contributed by atoms with van der Waals surface area (Å²) in [5, 5.41) is 26.5. The van der Waals surface area contributed by atoms with Crippen molar-refractivity contribution in [2.75, 3.05) is 19.8 Å². The van der Waals surface area contributed by atoms with Gasteiger partial charge >= 0.3 is 12.1 Å². The highest BCUT2D eigenvalue weighted by Gasteiger charge is 2.31. The van der Waals surface area contributed by atoms with Crippen LogP contribution in [0.25, 0.3) is 10.2 Å². The molecule has 0 saturated heterocycles. The number of aromatic nitrogens is 4. The van der Waals surface area contributed by atoms with E-state index in [2.05, 4.69) is 20.6 Å². The number of sulfonamides is 1. The molecule has 49 heavy (non-hydrogen) atoms. The third-order valence-corrected chi connectivity index (χ3v) is 9.57. The van der Waals surface area contributed by atoms with Crippen molar-refractivity contribution in [2.45, 2.75) is 42.0 Å². The van der Waals surface area contributed by atoms with Gasteiger partial charge in [0.15, 0.2) is 0 Å². The summed E-state index contributed by atoms with van der Waals surface area (Å²) in [6, 6.07) is 14.5. The molecule has 0 fully saturated rings. The Labute approximate surface area is 281 Å². The predicted molar refractivity (Wildman–Crippen MR) is 171 cm³/mol. The van der Waals surface area contributed by atoms with Gasteiger partial charge in [-0.3, -0.25) is 4.79 Å². The van der Waals surface area contributed by atoms with Crippen molar-refractivity contribution in [1.82, 2.24) is 25.3 Å². The summed E-state index contributed by atoms with van der Waals surface area (Å²) in [5.74, 6) is -0.355. The van der Waals surface area contributed by atoms with Gasteiger partial charge in [0.25, 0.3) is 10.0 Å². The fraction of sp³-hybridized carbons (Fsp3) is 0.290. The molecule has 12 nitrogen and oxygen atoms in total. The predicted octanol–water partition coefficient (Wildman–Crippen LogP) is 4.55. The second-order valence-corrected chi connectivity index (χ2v) is 13.6. The number of rotatable bonds is 16. The van der Waals surface area contributed by atoms with E-state index in [9.17, 15) is 35.9 Å². The molecular weight excluding hydrogens is 693 g/mol. The van der Waals surface area contributed by atoms with Gasteiger partial charge in [-0.05, 0) is 60.4 Å². The normalized spacial score (nSPS) is 13.3. The summed E-state index contributed by atoms with van der Waals surface area (Å²) in [6.45, 7) is -0.695. The van der Waals surface area contributed by atoms with Crippen molar-refractivity contribution in [3.05, 3.63) is 95.3 Å². The number of benzene rings is 3. The number of primary sulfonamides is 1. The Balaban J connectivity index is 1.31. The van der Waals surface area contributed by atoms with Crippen LogP contribution in [-0.4, -0.2) is 65.3 Å². The first-order valence-electron chi connectivity index (χ1n) is 14.7. The van der Waals surface area contributed by atoms with Gasteiger partial charge in [-0.2, -0.15) is 13.2 Å². The molecule has 3 aromatic carbocycles. The van der Waals surface area contributed by atoms with Gasteiger partial charge in [-0.15, -0.1) is 16.4 Å². The van der Waals surface area contributed by atoms with Gasteiger partial charge in [-0.1, -0.05) is 35.5 Å². The average molecular weight is 723 g/mol. The number of aliphatic carboxylic acids is 1. The average Bonchev–Trinajstić information content (AvgIpc) is 3.72. The Morgan fingerprint density at radius 1 is 1.02 bits per heavy atom. The number of thiazole rings is 1. The first kappa shape index (κ1) is 35.7. The van der Waals surface area contributed by atoms with E-state index in [1.54, 1.807) is 48.7 Å². The smallest absolute Gasteiger partial charge is 0.416 e. The molecule has 0 spiro atoms. The quantitative estimate of drug-likeness (QED) is 0.123. The number of carboxylic acid groups (broad SMARTS) is 1. The molecule has 5 aromatic rings. The van der Waals surface area contributed by atoms with E-state index in [1.165, 1.54) is 16.8 Å². The zero-order valence-electron chi connectivity index (χ0n) is 25.5. The van der Waals surface area contributed by atoms with Crippen LogP contribution in [0.15, 0.2) is 77.3 Å². The Morgan fingerprint density at radius 2 is 1.78 bits per heavy atom. The lowest BCUT2D eigenvalue weighted by atomic mass is 10.0. The first-order valence-corrected chi connectivity index (χ1v) is 17.0. The number of nitrogens with two attached hydrogens (primary N) is 1. The highest BCUT2D eigenvalue weighted by atomic mass is 32.2. The summed E-state index contributed by atoms with van der Waals surface area (Å²) >= 11 is 0.906. The number of hydrogen-bond acceptors (Lipinski definition) is 10. The zero-order chi connectivity index (χ0) is 35.2. The number of carbonyl (C=O) groups is 1. The zero-order valence-corrected chi connectivity index (χ0v) is 27.1. The summed E-state index contributed by atoms with van der Waals surface area (Å²) in [5.41, 5.74) is 1.01. The molecule has 0 radical (unpaired) electrons. The van der Waals surface area contributed by atoms with Crippen LogP contribution in [0.1, 0.15) is 28.4 Å². The summed E-state index contributed by atoms with van der Waals surface area (Å²) in [7, 11) is -3.96. The van der Waals surface area contributed by atoms with Crippen LogP contribution in [0.2, 0.25) is 0 Å². The van der Waals surface area contributed by atoms with Gasteiger partial charge in [0, 0.05) is 6.54 Å². The molecule has 2 aromatic heterocycles. The first-order chi connectivity index (χ1) is 23.3. The number of hydrogen-bond donors (Lipinski definition) is 3. The molecule has 0 aliphatic rings. The second kappa shape index (κ2) is 15.3. The van der Waals surface area contributed by atoms with E-state index in [0.29, 0.717) is 33.8 Å². The van der Waals surface area contributed by atoms with E-state index in [-0.39, 0.29) is 36.1 Å². The maximum atomic E-state index is 13.2. The van der Waals surface area contributed by atoms with Gasteiger partial charge in [0.05, 0.1) is 28.0 Å². The molecule has 0 saturated carbocycles. The van der Waals surface area contributed by atoms with E-state index in [4.69, 9.17) is 14.6 Å². The van der Waals surface area contributed by atoms with Crippen LogP contribution in [0, 0.1) is 0 Å². The molecular formula is C31H30F4N6O6S2. The fourth-order valence-electron chi connectivity index (χ4n) is 4.86. The van der Waals surface area contributed by atoms with Crippen molar-refractivity contribution in [3.63, 3.8) is 0 Å². The standard InChI is InChI=1S/C31H30F4N6O6S2/c32-10-11-46-24-6-4-19(5-7-24)13-23(16-37-27(29(42)43)14-20-2-1-3-21(12-20)31(33,34)35)41-17-22(39-40-41)18-47-25-8-9-26-28(15-25)48-30(38-26)49(36,44)45/h1-9,12,15,17,23,27,37H,10-11,13-14,16,18H2,(H,42,43)(H2,36,44,45)/t23-,27+/m1/s1. The third kappa shape index (κ3) is 9.71. The minimum atomic E-state index is -4.57. The fourth-order valence-corrected chi connectivity index (χ4v) is 6.54. The van der Waals surface area contributed by atoms with E-state index in [1.807, 2.05) is 0 Å². The van der Waals surface area contributed by atoms with E-state index in [0.717, 1.165) is 29.0 Å². The van der Waals surface area contributed by atoms with Gasteiger partial charge in [0.2, 0.25) is 4.34 Å². The molecule has 0 unspecified atom stereocenters. The van der Waals surface area contributed by atoms with Crippen LogP contribution < -0.4 is 19.9 Å². The molecule has 5 rings (SSSR count).